The van der Waals surface area contributed by atoms with Gasteiger partial charge in [-0.3, -0.25) is 0 Å². The number of rotatable bonds is 2. The molecule has 0 bridgehead atoms. The van der Waals surface area contributed by atoms with Crippen molar-refractivity contribution in [3.05, 3.63) is 35.4 Å². The summed E-state index contributed by atoms with van der Waals surface area (Å²) in [4.78, 5) is 11.1. The van der Waals surface area contributed by atoms with Gasteiger partial charge in [-0.15, -0.1) is 0 Å². The van der Waals surface area contributed by atoms with Crippen LogP contribution >= 0.6 is 0 Å². The van der Waals surface area contributed by atoms with E-state index < -0.39 is 6.10 Å². The maximum atomic E-state index is 11.1. The van der Waals surface area contributed by atoms with Crippen LogP contribution in [0.5, 0.6) is 0 Å². The van der Waals surface area contributed by atoms with Gasteiger partial charge in [-0.25, -0.2) is 4.79 Å². The van der Waals surface area contributed by atoms with Crippen molar-refractivity contribution in [3.8, 4) is 0 Å². The van der Waals surface area contributed by atoms with Gasteiger partial charge in [0.15, 0.2) is 0 Å². The Bertz CT molecular complexity index is 305. The highest BCUT2D eigenvalue weighted by Crippen LogP contribution is 2.13. The van der Waals surface area contributed by atoms with Crippen LogP contribution in [-0.2, 0) is 4.74 Å². The van der Waals surface area contributed by atoms with E-state index in [9.17, 15) is 9.90 Å². The molecule has 0 fully saturated rings. The smallest absolute Gasteiger partial charge is 0.337 e. The SMILES string of the molecule is COC(=O)c1cccc(C(C)O)c1. The molecule has 0 heterocycles. The number of hydrogen-bond acceptors (Lipinski definition) is 3. The highest BCUT2D eigenvalue weighted by atomic mass is 16.5. The van der Waals surface area contributed by atoms with Gasteiger partial charge in [0, 0.05) is 0 Å². The van der Waals surface area contributed by atoms with E-state index in [-0.39, 0.29) is 5.97 Å². The maximum Gasteiger partial charge on any atom is 0.337 e. The Morgan fingerprint density at radius 3 is 2.77 bits per heavy atom. The summed E-state index contributed by atoms with van der Waals surface area (Å²) >= 11 is 0. The maximum absolute atomic E-state index is 11.1. The van der Waals surface area contributed by atoms with E-state index in [0.29, 0.717) is 11.1 Å². The van der Waals surface area contributed by atoms with Gasteiger partial charge in [-0.1, -0.05) is 12.1 Å². The Labute approximate surface area is 77.0 Å². The minimum absolute atomic E-state index is 0.387. The predicted molar refractivity (Wildman–Crippen MR) is 48.4 cm³/mol. The minimum atomic E-state index is -0.565. The Morgan fingerprint density at radius 2 is 2.23 bits per heavy atom. The van der Waals surface area contributed by atoms with Crippen molar-refractivity contribution in [3.63, 3.8) is 0 Å². The summed E-state index contributed by atoms with van der Waals surface area (Å²) in [5.41, 5.74) is 1.17. The van der Waals surface area contributed by atoms with E-state index in [1.165, 1.54) is 7.11 Å². The van der Waals surface area contributed by atoms with Gasteiger partial charge in [-0.2, -0.15) is 0 Å². The quantitative estimate of drug-likeness (QED) is 0.702. The van der Waals surface area contributed by atoms with Gasteiger partial charge in [-0.05, 0) is 24.6 Å². The zero-order valence-electron chi connectivity index (χ0n) is 7.65. The molecule has 1 N–H and O–H groups in total. The number of esters is 1. The molecule has 3 heteroatoms. The molecule has 1 atom stereocenters. The lowest BCUT2D eigenvalue weighted by molar-refractivity contribution is 0.0600. The van der Waals surface area contributed by atoms with Crippen molar-refractivity contribution in [1.82, 2.24) is 0 Å². The number of aliphatic hydroxyl groups is 1. The van der Waals surface area contributed by atoms with Gasteiger partial charge in [0.05, 0.1) is 18.8 Å². The van der Waals surface area contributed by atoms with E-state index in [0.717, 1.165) is 0 Å². The van der Waals surface area contributed by atoms with Crippen molar-refractivity contribution in [1.29, 1.82) is 0 Å². The second-order valence-corrected chi connectivity index (χ2v) is 2.79. The summed E-state index contributed by atoms with van der Waals surface area (Å²) in [6, 6.07) is 6.75. The molecule has 0 aliphatic rings. The highest BCUT2D eigenvalue weighted by molar-refractivity contribution is 5.89. The van der Waals surface area contributed by atoms with E-state index in [1.54, 1.807) is 31.2 Å². The molecule has 0 saturated heterocycles. The van der Waals surface area contributed by atoms with Crippen LogP contribution in [0.1, 0.15) is 28.9 Å². The molecule has 70 valence electrons. The second-order valence-electron chi connectivity index (χ2n) is 2.79. The Balaban J connectivity index is 2.98. The molecule has 0 saturated carbocycles. The molecule has 3 nitrogen and oxygen atoms in total. The van der Waals surface area contributed by atoms with Crippen molar-refractivity contribution >= 4 is 5.97 Å². The summed E-state index contributed by atoms with van der Waals surface area (Å²) < 4.78 is 4.55. The average molecular weight is 180 g/mol. The number of ether oxygens (including phenoxy) is 1. The Hall–Kier alpha value is -1.35. The third-order valence-corrected chi connectivity index (χ3v) is 1.79. The third-order valence-electron chi connectivity index (χ3n) is 1.79. The summed E-state index contributed by atoms with van der Waals surface area (Å²) in [5.74, 6) is -0.387. The molecule has 0 aliphatic carbocycles. The average Bonchev–Trinajstić information content (AvgIpc) is 2.17. The molecule has 0 radical (unpaired) electrons. The van der Waals surface area contributed by atoms with Crippen molar-refractivity contribution in [2.45, 2.75) is 13.0 Å². The zero-order chi connectivity index (χ0) is 9.84. The number of aliphatic hydroxyl groups excluding tert-OH is 1. The van der Waals surface area contributed by atoms with E-state index in [1.807, 2.05) is 0 Å². The molecular weight excluding hydrogens is 168 g/mol. The molecule has 0 aromatic heterocycles. The van der Waals surface area contributed by atoms with Crippen LogP contribution in [0.2, 0.25) is 0 Å². The van der Waals surface area contributed by atoms with Crippen LogP contribution in [0.15, 0.2) is 24.3 Å². The number of carbonyl (C=O) groups is 1. The number of hydrogen-bond donors (Lipinski definition) is 1. The molecule has 13 heavy (non-hydrogen) atoms. The van der Waals surface area contributed by atoms with Crippen LogP contribution in [0.25, 0.3) is 0 Å². The van der Waals surface area contributed by atoms with Gasteiger partial charge in [0.2, 0.25) is 0 Å². The van der Waals surface area contributed by atoms with Crippen LogP contribution in [0.4, 0.5) is 0 Å². The Kier molecular flexibility index (Phi) is 3.03. The largest absolute Gasteiger partial charge is 0.465 e. The van der Waals surface area contributed by atoms with Crippen LogP contribution in [-0.4, -0.2) is 18.2 Å². The standard InChI is InChI=1S/C10H12O3/c1-7(11)8-4-3-5-9(6-8)10(12)13-2/h3-7,11H,1-2H3. The van der Waals surface area contributed by atoms with Crippen molar-refractivity contribution < 1.29 is 14.6 Å². The highest BCUT2D eigenvalue weighted by Gasteiger charge is 2.07. The lowest BCUT2D eigenvalue weighted by Gasteiger charge is -2.05. The zero-order valence-corrected chi connectivity index (χ0v) is 7.65. The molecule has 1 rings (SSSR count). The lowest BCUT2D eigenvalue weighted by Crippen LogP contribution is -2.02. The first-order valence-corrected chi connectivity index (χ1v) is 4.01. The molecule has 0 spiro atoms. The van der Waals surface area contributed by atoms with Gasteiger partial charge in [0.1, 0.15) is 0 Å². The summed E-state index contributed by atoms with van der Waals surface area (Å²) in [5, 5.41) is 9.25. The topological polar surface area (TPSA) is 46.5 Å². The first kappa shape index (κ1) is 9.74. The second kappa shape index (κ2) is 4.05. The molecule has 1 unspecified atom stereocenters. The van der Waals surface area contributed by atoms with E-state index in [2.05, 4.69) is 4.74 Å². The molecule has 0 aliphatic heterocycles. The predicted octanol–water partition coefficient (Wildman–Crippen LogP) is 1.53. The van der Waals surface area contributed by atoms with Crippen LogP contribution in [0.3, 0.4) is 0 Å². The van der Waals surface area contributed by atoms with E-state index in [4.69, 9.17) is 0 Å². The van der Waals surface area contributed by atoms with Gasteiger partial charge < -0.3 is 9.84 Å². The van der Waals surface area contributed by atoms with Crippen LogP contribution < -0.4 is 0 Å². The van der Waals surface area contributed by atoms with Crippen LogP contribution in [0, 0.1) is 0 Å². The Morgan fingerprint density at radius 1 is 1.54 bits per heavy atom. The van der Waals surface area contributed by atoms with Crippen molar-refractivity contribution in [2.24, 2.45) is 0 Å². The number of benzene rings is 1. The molecule has 1 aromatic carbocycles. The fourth-order valence-corrected chi connectivity index (χ4v) is 1.04. The molecule has 0 amide bonds. The number of carbonyl (C=O) groups excluding carboxylic acids is 1. The minimum Gasteiger partial charge on any atom is -0.465 e. The van der Waals surface area contributed by atoms with Crippen molar-refractivity contribution in [2.75, 3.05) is 7.11 Å². The summed E-state index contributed by atoms with van der Waals surface area (Å²) in [6.45, 7) is 1.65. The summed E-state index contributed by atoms with van der Waals surface area (Å²) in [7, 11) is 1.33. The first-order chi connectivity index (χ1) is 6.15. The molecule has 1 aromatic rings. The third kappa shape index (κ3) is 2.29. The van der Waals surface area contributed by atoms with Gasteiger partial charge in [0.25, 0.3) is 0 Å². The summed E-state index contributed by atoms with van der Waals surface area (Å²) in [6.07, 6.45) is -0.565. The fraction of sp³-hybridized carbons (Fsp3) is 0.300. The lowest BCUT2D eigenvalue weighted by atomic mass is 10.1. The molecular formula is C10H12O3. The number of methoxy groups -OCH3 is 1. The normalized spacial score (nSPS) is 12.2. The van der Waals surface area contributed by atoms with Gasteiger partial charge >= 0.3 is 5.97 Å². The first-order valence-electron chi connectivity index (χ1n) is 4.01. The fourth-order valence-electron chi connectivity index (χ4n) is 1.04. The monoisotopic (exact) mass is 180 g/mol. The van der Waals surface area contributed by atoms with E-state index >= 15 is 0 Å².